The van der Waals surface area contributed by atoms with Crippen molar-refractivity contribution in [3.05, 3.63) is 102 Å². The van der Waals surface area contributed by atoms with Gasteiger partial charge < -0.3 is 10.1 Å². The molecule has 0 saturated heterocycles. The topological polar surface area (TPSA) is 50.4 Å². The molecule has 0 aliphatic carbocycles. The fraction of sp³-hybridized carbons (Fsp3) is 0.208. The van der Waals surface area contributed by atoms with Crippen molar-refractivity contribution >= 4 is 5.91 Å². The van der Waals surface area contributed by atoms with Gasteiger partial charge in [0.1, 0.15) is 5.75 Å². The molecule has 2 N–H and O–H groups in total. The molecule has 0 heterocycles. The second kappa shape index (κ2) is 10.5. The summed E-state index contributed by atoms with van der Waals surface area (Å²) in [7, 11) is 0. The van der Waals surface area contributed by atoms with Crippen molar-refractivity contribution in [3.8, 4) is 5.75 Å². The SMILES string of the molecule is C[C@H](NC(=O)CN[C@H](c1ccccc1)c1ccc(OC(F)F)cc1)c1ccccc1. The lowest BCUT2D eigenvalue weighted by Crippen LogP contribution is -2.37. The highest BCUT2D eigenvalue weighted by molar-refractivity contribution is 5.78. The van der Waals surface area contributed by atoms with Crippen molar-refractivity contribution in [2.75, 3.05) is 6.54 Å². The number of halogens is 2. The number of alkyl halides is 2. The molecule has 0 saturated carbocycles. The second-order valence-corrected chi connectivity index (χ2v) is 6.87. The lowest BCUT2D eigenvalue weighted by atomic mass is 9.98. The Hall–Kier alpha value is -3.25. The number of hydrogen-bond acceptors (Lipinski definition) is 3. The molecule has 3 aromatic carbocycles. The highest BCUT2D eigenvalue weighted by Crippen LogP contribution is 2.24. The lowest BCUT2D eigenvalue weighted by Gasteiger charge is -2.21. The maximum atomic E-state index is 12.5. The van der Waals surface area contributed by atoms with Crippen LogP contribution in [0.5, 0.6) is 5.75 Å². The van der Waals surface area contributed by atoms with E-state index in [0.717, 1.165) is 16.7 Å². The number of hydrogen-bond donors (Lipinski definition) is 2. The molecule has 3 rings (SSSR count). The standard InChI is InChI=1S/C24H24F2N2O2/c1-17(18-8-4-2-5-9-18)28-22(29)16-27-23(19-10-6-3-7-11-19)20-12-14-21(15-13-20)30-24(25)26/h2-15,17,23-24,27H,16H2,1H3,(H,28,29)/t17-,23+/m0/s1. The minimum Gasteiger partial charge on any atom is -0.435 e. The van der Waals surface area contributed by atoms with Gasteiger partial charge in [0.15, 0.2) is 0 Å². The molecule has 0 radical (unpaired) electrons. The fourth-order valence-corrected chi connectivity index (χ4v) is 3.23. The molecule has 4 nitrogen and oxygen atoms in total. The Morgan fingerprint density at radius 2 is 1.37 bits per heavy atom. The van der Waals surface area contributed by atoms with E-state index < -0.39 is 6.61 Å². The number of ether oxygens (including phenoxy) is 1. The van der Waals surface area contributed by atoms with Crippen LogP contribution in [-0.2, 0) is 4.79 Å². The van der Waals surface area contributed by atoms with Crippen LogP contribution in [0.4, 0.5) is 8.78 Å². The molecule has 0 spiro atoms. The molecule has 156 valence electrons. The highest BCUT2D eigenvalue weighted by atomic mass is 19.3. The summed E-state index contributed by atoms with van der Waals surface area (Å²) in [5, 5.41) is 6.25. The Kier molecular flexibility index (Phi) is 7.51. The molecule has 0 aliphatic heterocycles. The number of nitrogens with one attached hydrogen (secondary N) is 2. The predicted molar refractivity (Wildman–Crippen MR) is 112 cm³/mol. The van der Waals surface area contributed by atoms with Crippen LogP contribution in [-0.4, -0.2) is 19.1 Å². The van der Waals surface area contributed by atoms with Crippen LogP contribution in [0.2, 0.25) is 0 Å². The Labute approximate surface area is 174 Å². The molecule has 6 heteroatoms. The van der Waals surface area contributed by atoms with Crippen LogP contribution in [0, 0.1) is 0 Å². The Bertz CT molecular complexity index is 919. The van der Waals surface area contributed by atoms with Gasteiger partial charge in [0.05, 0.1) is 18.6 Å². The highest BCUT2D eigenvalue weighted by Gasteiger charge is 2.17. The first kappa shape index (κ1) is 21.5. The first-order chi connectivity index (χ1) is 14.5. The Balaban J connectivity index is 1.68. The molecule has 1 amide bonds. The minimum absolute atomic E-state index is 0.0926. The summed E-state index contributed by atoms with van der Waals surface area (Å²) in [5.41, 5.74) is 2.83. The first-order valence-electron chi connectivity index (χ1n) is 9.70. The van der Waals surface area contributed by atoms with E-state index in [2.05, 4.69) is 15.4 Å². The minimum atomic E-state index is -2.87. The molecule has 3 aromatic rings. The van der Waals surface area contributed by atoms with Crippen LogP contribution in [0.3, 0.4) is 0 Å². The average Bonchev–Trinajstić information content (AvgIpc) is 2.76. The van der Waals surface area contributed by atoms with Gasteiger partial charge in [-0.3, -0.25) is 10.1 Å². The Morgan fingerprint density at radius 1 is 0.833 bits per heavy atom. The summed E-state index contributed by atoms with van der Waals surface area (Å²) in [5.74, 6) is -0.0417. The summed E-state index contributed by atoms with van der Waals surface area (Å²) in [4.78, 5) is 12.5. The maximum absolute atomic E-state index is 12.5. The van der Waals surface area contributed by atoms with Gasteiger partial charge in [-0.15, -0.1) is 0 Å². The van der Waals surface area contributed by atoms with E-state index in [1.54, 1.807) is 12.1 Å². The normalized spacial score (nSPS) is 12.9. The van der Waals surface area contributed by atoms with E-state index in [1.807, 2.05) is 67.6 Å². The van der Waals surface area contributed by atoms with Gasteiger partial charge in [0, 0.05) is 0 Å². The van der Waals surface area contributed by atoms with Crippen LogP contribution < -0.4 is 15.4 Å². The molecule has 0 fully saturated rings. The first-order valence-corrected chi connectivity index (χ1v) is 9.70. The second-order valence-electron chi connectivity index (χ2n) is 6.87. The van der Waals surface area contributed by atoms with Crippen LogP contribution in [0.1, 0.15) is 35.7 Å². The molecule has 0 bridgehead atoms. The summed E-state index contributed by atoms with van der Waals surface area (Å²) in [6, 6.07) is 25.4. The third-order valence-corrected chi connectivity index (χ3v) is 4.72. The van der Waals surface area contributed by atoms with Crippen molar-refractivity contribution < 1.29 is 18.3 Å². The molecule has 2 atom stereocenters. The van der Waals surface area contributed by atoms with Gasteiger partial charge in [-0.2, -0.15) is 8.78 Å². The zero-order chi connectivity index (χ0) is 21.3. The monoisotopic (exact) mass is 410 g/mol. The molecular weight excluding hydrogens is 386 g/mol. The average molecular weight is 410 g/mol. The number of rotatable bonds is 9. The summed E-state index contributed by atoms with van der Waals surface area (Å²) in [6.45, 7) is -0.829. The molecule has 0 aromatic heterocycles. The van der Waals surface area contributed by atoms with E-state index in [0.29, 0.717) is 0 Å². The number of carbonyl (C=O) groups is 1. The van der Waals surface area contributed by atoms with Crippen molar-refractivity contribution in [3.63, 3.8) is 0 Å². The molecule has 0 unspecified atom stereocenters. The number of benzene rings is 3. The van der Waals surface area contributed by atoms with Gasteiger partial charge in [0.2, 0.25) is 5.91 Å². The van der Waals surface area contributed by atoms with Crippen LogP contribution in [0.25, 0.3) is 0 Å². The van der Waals surface area contributed by atoms with Crippen molar-refractivity contribution in [2.24, 2.45) is 0 Å². The Morgan fingerprint density at radius 3 is 1.93 bits per heavy atom. The van der Waals surface area contributed by atoms with Gasteiger partial charge in [-0.25, -0.2) is 0 Å². The third kappa shape index (κ3) is 6.12. The molecular formula is C24H24F2N2O2. The largest absolute Gasteiger partial charge is 0.435 e. The molecule has 0 aliphatic rings. The fourth-order valence-electron chi connectivity index (χ4n) is 3.23. The molecule has 30 heavy (non-hydrogen) atoms. The smallest absolute Gasteiger partial charge is 0.387 e. The van der Waals surface area contributed by atoms with E-state index in [1.165, 1.54) is 12.1 Å². The van der Waals surface area contributed by atoms with Crippen molar-refractivity contribution in [1.82, 2.24) is 10.6 Å². The lowest BCUT2D eigenvalue weighted by molar-refractivity contribution is -0.121. The van der Waals surface area contributed by atoms with Gasteiger partial charge >= 0.3 is 6.61 Å². The maximum Gasteiger partial charge on any atom is 0.387 e. The van der Waals surface area contributed by atoms with Crippen molar-refractivity contribution in [1.29, 1.82) is 0 Å². The summed E-state index contributed by atoms with van der Waals surface area (Å²) < 4.78 is 29.2. The van der Waals surface area contributed by atoms with E-state index in [9.17, 15) is 13.6 Å². The number of carbonyl (C=O) groups excluding carboxylic acids is 1. The zero-order valence-electron chi connectivity index (χ0n) is 16.6. The van der Waals surface area contributed by atoms with Gasteiger partial charge in [-0.1, -0.05) is 72.8 Å². The third-order valence-electron chi connectivity index (χ3n) is 4.72. The summed E-state index contributed by atoms with van der Waals surface area (Å²) in [6.07, 6.45) is 0. The van der Waals surface area contributed by atoms with Crippen molar-refractivity contribution in [2.45, 2.75) is 25.6 Å². The zero-order valence-corrected chi connectivity index (χ0v) is 16.6. The summed E-state index contributed by atoms with van der Waals surface area (Å²) >= 11 is 0. The van der Waals surface area contributed by atoms with Crippen LogP contribution in [0.15, 0.2) is 84.9 Å². The van der Waals surface area contributed by atoms with E-state index in [4.69, 9.17) is 0 Å². The van der Waals surface area contributed by atoms with Crippen LogP contribution >= 0.6 is 0 Å². The van der Waals surface area contributed by atoms with Gasteiger partial charge in [-0.05, 0) is 35.7 Å². The predicted octanol–water partition coefficient (Wildman–Crippen LogP) is 4.84. The van der Waals surface area contributed by atoms with Gasteiger partial charge in [0.25, 0.3) is 0 Å². The number of amides is 1. The quantitative estimate of drug-likeness (QED) is 0.531. The van der Waals surface area contributed by atoms with E-state index in [-0.39, 0.29) is 30.3 Å². The van der Waals surface area contributed by atoms with E-state index >= 15 is 0 Å².